The normalized spacial score (nSPS) is 12.1. The number of benzene rings is 2. The van der Waals surface area contributed by atoms with Crippen molar-refractivity contribution in [3.8, 4) is 22.4 Å². The number of rotatable bonds is 5. The Bertz CT molecular complexity index is 1430. The maximum absolute atomic E-state index is 13.5. The van der Waals surface area contributed by atoms with Crippen LogP contribution in [-0.2, 0) is 9.84 Å². The quantitative estimate of drug-likeness (QED) is 0.328. The molecule has 2 aromatic carbocycles. The SMILES string of the molecule is C/C=C/C(=O)c1oc2c(-c3ccc(F)cc3)c(-c3ccc(S(C)(=O)=O)cc3)nn2c1C. The average Bonchev–Trinajstić information content (AvgIpc) is 3.25. The van der Waals surface area contributed by atoms with E-state index >= 15 is 0 Å². The Hall–Kier alpha value is -3.52. The number of hydrogen-bond acceptors (Lipinski definition) is 5. The number of aromatic nitrogens is 2. The molecule has 158 valence electrons. The summed E-state index contributed by atoms with van der Waals surface area (Å²) in [6, 6.07) is 12.2. The van der Waals surface area contributed by atoms with Crippen LogP contribution in [0.2, 0.25) is 0 Å². The van der Waals surface area contributed by atoms with Crippen molar-refractivity contribution in [1.29, 1.82) is 0 Å². The summed E-state index contributed by atoms with van der Waals surface area (Å²) in [6.45, 7) is 3.47. The minimum absolute atomic E-state index is 0.169. The predicted molar refractivity (Wildman–Crippen MR) is 115 cm³/mol. The van der Waals surface area contributed by atoms with Crippen LogP contribution in [0.4, 0.5) is 4.39 Å². The number of hydrogen-bond donors (Lipinski definition) is 0. The molecular formula is C23H19FN2O4S. The van der Waals surface area contributed by atoms with E-state index in [9.17, 15) is 17.6 Å². The second-order valence-electron chi connectivity index (χ2n) is 7.12. The van der Waals surface area contributed by atoms with Crippen molar-refractivity contribution in [3.05, 3.63) is 78.0 Å². The number of ketones is 1. The van der Waals surface area contributed by atoms with Crippen LogP contribution < -0.4 is 0 Å². The van der Waals surface area contributed by atoms with Crippen LogP contribution in [0.1, 0.15) is 23.2 Å². The second-order valence-corrected chi connectivity index (χ2v) is 9.14. The molecule has 2 heterocycles. The van der Waals surface area contributed by atoms with Crippen molar-refractivity contribution in [3.63, 3.8) is 0 Å². The van der Waals surface area contributed by atoms with Crippen molar-refractivity contribution in [2.45, 2.75) is 18.7 Å². The highest BCUT2D eigenvalue weighted by Gasteiger charge is 2.25. The smallest absolute Gasteiger partial charge is 0.231 e. The number of aryl methyl sites for hydroxylation is 1. The van der Waals surface area contributed by atoms with Gasteiger partial charge in [-0.15, -0.1) is 0 Å². The molecule has 0 N–H and O–H groups in total. The van der Waals surface area contributed by atoms with Crippen molar-refractivity contribution in [1.82, 2.24) is 9.61 Å². The van der Waals surface area contributed by atoms with E-state index in [-0.39, 0.29) is 22.3 Å². The first-order chi connectivity index (χ1) is 14.7. The summed E-state index contributed by atoms with van der Waals surface area (Å²) >= 11 is 0. The molecule has 0 saturated carbocycles. The van der Waals surface area contributed by atoms with E-state index in [0.29, 0.717) is 33.8 Å². The first-order valence-corrected chi connectivity index (χ1v) is 11.4. The molecule has 0 aliphatic rings. The number of halogens is 1. The van der Waals surface area contributed by atoms with Crippen molar-refractivity contribution < 1.29 is 22.0 Å². The number of sulfone groups is 1. The van der Waals surface area contributed by atoms with Gasteiger partial charge in [0.05, 0.1) is 16.2 Å². The Morgan fingerprint density at radius 1 is 1.06 bits per heavy atom. The van der Waals surface area contributed by atoms with Gasteiger partial charge in [-0.1, -0.05) is 30.3 Å². The zero-order chi connectivity index (χ0) is 22.3. The van der Waals surface area contributed by atoms with Gasteiger partial charge in [0.1, 0.15) is 11.5 Å². The van der Waals surface area contributed by atoms with Crippen molar-refractivity contribution in [2.75, 3.05) is 6.26 Å². The summed E-state index contributed by atoms with van der Waals surface area (Å²) in [7, 11) is -3.34. The van der Waals surface area contributed by atoms with Gasteiger partial charge >= 0.3 is 0 Å². The van der Waals surface area contributed by atoms with Crippen LogP contribution in [-0.4, -0.2) is 30.1 Å². The molecule has 0 bridgehead atoms. The fraction of sp³-hybridized carbons (Fsp3) is 0.130. The monoisotopic (exact) mass is 438 g/mol. The minimum atomic E-state index is -3.34. The minimum Gasteiger partial charge on any atom is -0.432 e. The molecule has 0 saturated heterocycles. The highest BCUT2D eigenvalue weighted by molar-refractivity contribution is 7.90. The molecule has 31 heavy (non-hydrogen) atoms. The van der Waals surface area contributed by atoms with Gasteiger partial charge in [0.15, 0.2) is 15.6 Å². The topological polar surface area (TPSA) is 81.6 Å². The van der Waals surface area contributed by atoms with Crippen LogP contribution >= 0.6 is 0 Å². The van der Waals surface area contributed by atoms with Crippen LogP contribution in [0, 0.1) is 12.7 Å². The van der Waals surface area contributed by atoms with E-state index in [4.69, 9.17) is 4.42 Å². The Kier molecular flexibility index (Phi) is 5.10. The van der Waals surface area contributed by atoms with Gasteiger partial charge in [-0.2, -0.15) is 5.10 Å². The Morgan fingerprint density at radius 2 is 1.68 bits per heavy atom. The molecule has 0 spiro atoms. The third kappa shape index (κ3) is 3.70. The molecule has 4 aromatic rings. The van der Waals surface area contributed by atoms with Gasteiger partial charge in [0.2, 0.25) is 11.5 Å². The number of carbonyl (C=O) groups excluding carboxylic acids is 1. The van der Waals surface area contributed by atoms with E-state index < -0.39 is 9.84 Å². The number of allylic oxidation sites excluding steroid dienone is 2. The molecule has 0 amide bonds. The lowest BCUT2D eigenvalue weighted by molar-refractivity contribution is 0.102. The highest BCUT2D eigenvalue weighted by Crippen LogP contribution is 2.37. The Morgan fingerprint density at radius 3 is 2.26 bits per heavy atom. The van der Waals surface area contributed by atoms with Gasteiger partial charge in [0, 0.05) is 11.8 Å². The van der Waals surface area contributed by atoms with Gasteiger partial charge < -0.3 is 4.42 Å². The van der Waals surface area contributed by atoms with Gasteiger partial charge in [-0.3, -0.25) is 4.79 Å². The Balaban J connectivity index is 1.97. The second kappa shape index (κ2) is 7.63. The van der Waals surface area contributed by atoms with Gasteiger partial charge in [-0.05, 0) is 49.8 Å². The summed E-state index contributed by atoms with van der Waals surface area (Å²) in [5.41, 5.74) is 3.29. The van der Waals surface area contributed by atoms with Gasteiger partial charge in [-0.25, -0.2) is 17.3 Å². The van der Waals surface area contributed by atoms with E-state index in [0.717, 1.165) is 6.26 Å². The summed E-state index contributed by atoms with van der Waals surface area (Å²) < 4.78 is 44.6. The molecule has 0 radical (unpaired) electrons. The summed E-state index contributed by atoms with van der Waals surface area (Å²) in [6.07, 6.45) is 4.18. The largest absolute Gasteiger partial charge is 0.432 e. The fourth-order valence-electron chi connectivity index (χ4n) is 3.39. The van der Waals surface area contributed by atoms with Crippen LogP contribution in [0.15, 0.2) is 70.0 Å². The van der Waals surface area contributed by atoms with E-state index in [1.807, 2.05) is 0 Å². The maximum atomic E-state index is 13.5. The fourth-order valence-corrected chi connectivity index (χ4v) is 4.02. The number of oxazole rings is 1. The third-order valence-electron chi connectivity index (χ3n) is 4.92. The standard InChI is InChI=1S/C23H19FN2O4S/c1-4-5-19(27)22-14(2)26-23(30-22)20(15-6-10-17(24)11-7-15)21(25-26)16-8-12-18(13-9-16)31(3,28)29/h4-13H,1-3H3/b5-4+. The molecular weight excluding hydrogens is 419 g/mol. The zero-order valence-corrected chi connectivity index (χ0v) is 17.9. The summed E-state index contributed by atoms with van der Waals surface area (Å²) in [5, 5.41) is 4.64. The zero-order valence-electron chi connectivity index (χ0n) is 17.1. The summed E-state index contributed by atoms with van der Waals surface area (Å²) in [5.74, 6) is -0.497. The predicted octanol–water partition coefficient (Wildman–Crippen LogP) is 4.87. The lowest BCUT2D eigenvalue weighted by Gasteiger charge is -2.05. The molecule has 2 aromatic heterocycles. The van der Waals surface area contributed by atoms with Gasteiger partial charge in [0.25, 0.3) is 0 Å². The third-order valence-corrected chi connectivity index (χ3v) is 6.05. The number of nitrogens with zero attached hydrogens (tertiary/aromatic N) is 2. The van der Waals surface area contributed by atoms with Crippen molar-refractivity contribution in [2.24, 2.45) is 0 Å². The van der Waals surface area contributed by atoms with Crippen LogP contribution in [0.3, 0.4) is 0 Å². The number of carbonyl (C=O) groups is 1. The van der Waals surface area contributed by atoms with Crippen molar-refractivity contribution >= 4 is 21.3 Å². The number of fused-ring (bicyclic) bond motifs is 1. The Labute approximate surface area is 178 Å². The lowest BCUT2D eigenvalue weighted by Crippen LogP contribution is -1.98. The molecule has 0 aliphatic heterocycles. The molecule has 0 atom stereocenters. The highest BCUT2D eigenvalue weighted by atomic mass is 32.2. The molecule has 6 nitrogen and oxygen atoms in total. The molecule has 0 fully saturated rings. The first kappa shape index (κ1) is 20.7. The van der Waals surface area contributed by atoms with Crippen LogP contribution in [0.5, 0.6) is 0 Å². The van der Waals surface area contributed by atoms with E-state index in [1.165, 1.54) is 34.9 Å². The maximum Gasteiger partial charge on any atom is 0.231 e. The molecule has 8 heteroatoms. The first-order valence-electron chi connectivity index (χ1n) is 9.46. The molecule has 0 aliphatic carbocycles. The van der Waals surface area contributed by atoms with E-state index in [2.05, 4.69) is 5.10 Å². The van der Waals surface area contributed by atoms with E-state index in [1.54, 1.807) is 44.2 Å². The molecule has 0 unspecified atom stereocenters. The molecule has 4 rings (SSSR count). The lowest BCUT2D eigenvalue weighted by atomic mass is 10.0. The average molecular weight is 438 g/mol. The van der Waals surface area contributed by atoms with Crippen LogP contribution in [0.25, 0.3) is 28.1 Å². The summed E-state index contributed by atoms with van der Waals surface area (Å²) in [4.78, 5) is 12.6.